The van der Waals surface area contributed by atoms with Crippen LogP contribution >= 0.6 is 46.4 Å². The van der Waals surface area contributed by atoms with Gasteiger partial charge >= 0.3 is 7.12 Å². The first-order valence-electron chi connectivity index (χ1n) is 10.2. The minimum absolute atomic E-state index is 0.0176. The highest BCUT2D eigenvalue weighted by Gasteiger charge is 2.08. The van der Waals surface area contributed by atoms with Crippen LogP contribution < -0.4 is 10.2 Å². The van der Waals surface area contributed by atoms with Crippen molar-refractivity contribution >= 4 is 59.0 Å². The summed E-state index contributed by atoms with van der Waals surface area (Å²) >= 11 is 22.7. The minimum Gasteiger partial charge on any atom is -0.508 e. The lowest BCUT2D eigenvalue weighted by molar-refractivity contribution is 0.426. The number of hydrogen-bond acceptors (Lipinski definition) is 6. The smallest absolute Gasteiger partial charge is 0.488 e. The lowest BCUT2D eigenvalue weighted by Crippen LogP contribution is -2.29. The van der Waals surface area contributed by atoms with E-state index in [1.54, 1.807) is 66.7 Å². The lowest BCUT2D eigenvalue weighted by Gasteiger charge is -2.06. The predicted molar refractivity (Wildman–Crippen MR) is 147 cm³/mol. The van der Waals surface area contributed by atoms with Gasteiger partial charge in [0.05, 0.1) is 23.3 Å². The van der Waals surface area contributed by atoms with Crippen LogP contribution in [-0.2, 0) is 0 Å². The Morgan fingerprint density at radius 2 is 1.08 bits per heavy atom. The van der Waals surface area contributed by atoms with Gasteiger partial charge in [-0.25, -0.2) is 0 Å². The Hall–Kier alpha value is -3.40. The molecule has 0 unspecified atom stereocenters. The molecular formula is C26H17BCl4N2O4. The topological polar surface area (TPSA) is 118 Å². The fraction of sp³-hybridized carbons (Fsp3) is 0. The van der Waals surface area contributed by atoms with E-state index in [0.717, 1.165) is 0 Å². The van der Waals surface area contributed by atoms with Crippen molar-refractivity contribution in [3.05, 3.63) is 116 Å². The molecule has 0 radical (unpaired) electrons. The van der Waals surface area contributed by atoms with E-state index in [0.29, 0.717) is 48.2 Å². The number of benzene rings is 4. The largest absolute Gasteiger partial charge is 0.508 e. The molecule has 3 N–H and O–H groups in total. The molecule has 0 fully saturated rings. The monoisotopic (exact) mass is 572 g/mol. The molecule has 4 aromatic rings. The van der Waals surface area contributed by atoms with E-state index < -0.39 is 7.12 Å². The zero-order chi connectivity index (χ0) is 27.4. The van der Waals surface area contributed by atoms with Crippen LogP contribution in [0.2, 0.25) is 20.1 Å². The highest BCUT2D eigenvalue weighted by atomic mass is 35.5. The van der Waals surface area contributed by atoms with E-state index in [1.807, 2.05) is 12.1 Å². The Balaban J connectivity index is 0.000000208. The maximum atomic E-state index is 8.89. The van der Waals surface area contributed by atoms with Gasteiger partial charge in [-0.1, -0.05) is 58.5 Å². The number of rotatable bonds is 3. The van der Waals surface area contributed by atoms with Gasteiger partial charge in [0.25, 0.3) is 0 Å². The highest BCUT2D eigenvalue weighted by molar-refractivity contribution is 6.58. The third-order valence-electron chi connectivity index (χ3n) is 4.23. The zero-order valence-corrected chi connectivity index (χ0v) is 21.8. The van der Waals surface area contributed by atoms with Gasteiger partial charge in [-0.15, -0.1) is 0 Å². The molecule has 0 bridgehead atoms. The van der Waals surface area contributed by atoms with Crippen LogP contribution in [0.3, 0.4) is 0 Å². The molecule has 0 amide bonds. The van der Waals surface area contributed by atoms with Gasteiger partial charge in [0.2, 0.25) is 0 Å². The molecule has 0 saturated heterocycles. The SMILES string of the molecule is N#Cc1cc(Cl)cc(Oc2ccc(Cl)cc2)c1.N#Cc1cc(O)cc(Cl)c1.OB(O)c1ccc(Cl)cc1. The Bertz CT molecular complexity index is 1380. The number of phenols is 1. The lowest BCUT2D eigenvalue weighted by atomic mass is 9.81. The molecule has 0 heterocycles. The molecule has 0 atom stereocenters. The fourth-order valence-electron chi connectivity index (χ4n) is 2.60. The van der Waals surface area contributed by atoms with Gasteiger partial charge in [-0.05, 0) is 78.3 Å². The van der Waals surface area contributed by atoms with Crippen molar-refractivity contribution in [2.24, 2.45) is 0 Å². The molecule has 0 saturated carbocycles. The van der Waals surface area contributed by atoms with Crippen LogP contribution in [0.4, 0.5) is 0 Å². The number of hydrogen-bond donors (Lipinski definition) is 3. The molecule has 4 aromatic carbocycles. The molecule has 6 nitrogen and oxygen atoms in total. The summed E-state index contributed by atoms with van der Waals surface area (Å²) < 4.78 is 5.56. The van der Waals surface area contributed by atoms with Gasteiger partial charge in [0, 0.05) is 20.1 Å². The zero-order valence-electron chi connectivity index (χ0n) is 18.8. The minimum atomic E-state index is -1.41. The Morgan fingerprint density at radius 3 is 1.57 bits per heavy atom. The van der Waals surface area contributed by atoms with Crippen molar-refractivity contribution in [3.8, 4) is 29.4 Å². The van der Waals surface area contributed by atoms with Crippen molar-refractivity contribution in [2.75, 3.05) is 0 Å². The van der Waals surface area contributed by atoms with Crippen LogP contribution in [-0.4, -0.2) is 22.3 Å². The van der Waals surface area contributed by atoms with Crippen LogP contribution in [0.25, 0.3) is 0 Å². The van der Waals surface area contributed by atoms with E-state index in [9.17, 15) is 0 Å². The van der Waals surface area contributed by atoms with Gasteiger partial charge in [-0.3, -0.25) is 0 Å². The number of phenolic OH excluding ortho intramolecular Hbond substituents is 1. The van der Waals surface area contributed by atoms with Gasteiger partial charge in [-0.2, -0.15) is 10.5 Å². The van der Waals surface area contributed by atoms with Crippen molar-refractivity contribution < 1.29 is 19.9 Å². The quantitative estimate of drug-likeness (QED) is 0.238. The summed E-state index contributed by atoms with van der Waals surface area (Å²) in [5, 5.41) is 45.4. The summed E-state index contributed by atoms with van der Waals surface area (Å²) in [6, 6.07) is 26.2. The maximum Gasteiger partial charge on any atom is 0.488 e. The molecule has 0 aliphatic rings. The number of nitrogens with zero attached hydrogens (tertiary/aromatic N) is 2. The number of aromatic hydroxyl groups is 1. The Kier molecular flexibility index (Phi) is 12.1. The summed E-state index contributed by atoms with van der Waals surface area (Å²) in [5.74, 6) is 1.18. The van der Waals surface area contributed by atoms with Crippen LogP contribution in [0.5, 0.6) is 17.2 Å². The van der Waals surface area contributed by atoms with E-state index in [1.165, 1.54) is 18.2 Å². The van der Waals surface area contributed by atoms with Crippen molar-refractivity contribution in [1.29, 1.82) is 10.5 Å². The second-order valence-electron chi connectivity index (χ2n) is 7.08. The molecule has 0 aliphatic heterocycles. The molecule has 4 rings (SSSR count). The van der Waals surface area contributed by atoms with E-state index in [-0.39, 0.29) is 5.75 Å². The summed E-state index contributed by atoms with van der Waals surface area (Å²) in [4.78, 5) is 0. The molecule has 37 heavy (non-hydrogen) atoms. The van der Waals surface area contributed by atoms with E-state index in [2.05, 4.69) is 0 Å². The van der Waals surface area contributed by atoms with Gasteiger partial charge in [0.1, 0.15) is 17.2 Å². The average molecular weight is 574 g/mol. The Morgan fingerprint density at radius 1 is 0.595 bits per heavy atom. The first-order valence-corrected chi connectivity index (χ1v) is 11.8. The van der Waals surface area contributed by atoms with Crippen LogP contribution in [0.1, 0.15) is 11.1 Å². The standard InChI is InChI=1S/C13H7Cl2NO.C7H4ClNO.C6H6BClO2/c14-10-1-3-12(4-2-10)17-13-6-9(8-16)5-11(15)7-13;8-6-1-5(4-9)2-7(10)3-6;8-6-3-1-5(2-4-6)7(9)10/h1-7H;1-3,10H;1-4,9-10H. The van der Waals surface area contributed by atoms with E-state index in [4.69, 9.17) is 76.8 Å². The number of halogens is 4. The van der Waals surface area contributed by atoms with Crippen molar-refractivity contribution in [3.63, 3.8) is 0 Å². The second-order valence-corrected chi connectivity index (χ2v) is 8.82. The van der Waals surface area contributed by atoms with Crippen molar-refractivity contribution in [2.45, 2.75) is 0 Å². The molecular weight excluding hydrogens is 557 g/mol. The van der Waals surface area contributed by atoms with E-state index >= 15 is 0 Å². The summed E-state index contributed by atoms with van der Waals surface area (Å²) in [7, 11) is -1.41. The number of nitriles is 2. The first-order chi connectivity index (χ1) is 17.6. The fourth-order valence-corrected chi connectivity index (χ4v) is 3.30. The average Bonchev–Trinajstić information content (AvgIpc) is 2.85. The van der Waals surface area contributed by atoms with Gasteiger partial charge < -0.3 is 19.9 Å². The predicted octanol–water partition coefficient (Wildman–Crippen LogP) is 6.59. The summed E-state index contributed by atoms with van der Waals surface area (Å²) in [5.41, 5.74) is 1.27. The number of ether oxygens (including phenoxy) is 1. The van der Waals surface area contributed by atoms with Crippen LogP contribution in [0, 0.1) is 22.7 Å². The van der Waals surface area contributed by atoms with Crippen molar-refractivity contribution in [1.82, 2.24) is 0 Å². The maximum absolute atomic E-state index is 8.89. The van der Waals surface area contributed by atoms with Gasteiger partial charge in [0.15, 0.2) is 0 Å². The highest BCUT2D eigenvalue weighted by Crippen LogP contribution is 2.26. The van der Waals surface area contributed by atoms with Crippen LogP contribution in [0.15, 0.2) is 84.9 Å². The summed E-state index contributed by atoms with van der Waals surface area (Å²) in [6.45, 7) is 0. The second kappa shape index (κ2) is 15.0. The molecule has 0 aliphatic carbocycles. The third-order valence-corrected chi connectivity index (χ3v) is 5.17. The molecule has 0 spiro atoms. The summed E-state index contributed by atoms with van der Waals surface area (Å²) in [6.07, 6.45) is 0. The Labute approximate surface area is 234 Å². The normalized spacial score (nSPS) is 9.41. The molecule has 11 heteroatoms. The molecule has 0 aromatic heterocycles. The first kappa shape index (κ1) is 29.8. The molecule has 186 valence electrons. The third kappa shape index (κ3) is 11.0.